The second kappa shape index (κ2) is 9.26. The fourth-order valence-corrected chi connectivity index (χ4v) is 3.19. The van der Waals surface area contributed by atoms with Gasteiger partial charge in [-0.25, -0.2) is 0 Å². The number of anilines is 2. The van der Waals surface area contributed by atoms with E-state index in [-0.39, 0.29) is 17.2 Å². The lowest BCUT2D eigenvalue weighted by atomic mass is 10.1. The summed E-state index contributed by atoms with van der Waals surface area (Å²) in [5.41, 5.74) is 3.42. The van der Waals surface area contributed by atoms with E-state index in [1.165, 1.54) is 12.1 Å². The summed E-state index contributed by atoms with van der Waals surface area (Å²) in [6.45, 7) is 6.74. The first-order chi connectivity index (χ1) is 14.4. The minimum absolute atomic E-state index is 0.102. The summed E-state index contributed by atoms with van der Waals surface area (Å²) in [5.74, 6) is -0.834. The van der Waals surface area contributed by atoms with E-state index in [2.05, 4.69) is 22.7 Å². The van der Waals surface area contributed by atoms with Crippen LogP contribution in [-0.2, 0) is 6.54 Å². The maximum Gasteiger partial charge on any atom is 0.259 e. The summed E-state index contributed by atoms with van der Waals surface area (Å²) in [5, 5.41) is 20.0. The van der Waals surface area contributed by atoms with Gasteiger partial charge in [0, 0.05) is 17.8 Å². The van der Waals surface area contributed by atoms with Crippen molar-refractivity contribution in [2.24, 2.45) is 0 Å². The molecule has 1 heterocycles. The van der Waals surface area contributed by atoms with Crippen molar-refractivity contribution in [1.82, 2.24) is 9.78 Å². The number of rotatable bonds is 7. The van der Waals surface area contributed by atoms with Gasteiger partial charge in [0.05, 0.1) is 22.6 Å². The third kappa shape index (κ3) is 4.68. The zero-order valence-corrected chi connectivity index (χ0v) is 17.4. The van der Waals surface area contributed by atoms with Gasteiger partial charge < -0.3 is 15.7 Å². The van der Waals surface area contributed by atoms with Crippen LogP contribution in [0.1, 0.15) is 51.9 Å². The predicted molar refractivity (Wildman–Crippen MR) is 117 cm³/mol. The Hall–Kier alpha value is -3.61. The highest BCUT2D eigenvalue weighted by atomic mass is 16.3. The van der Waals surface area contributed by atoms with E-state index < -0.39 is 5.91 Å². The molecule has 0 aliphatic carbocycles. The fraction of sp³-hybridized carbons (Fsp3) is 0.261. The normalized spacial score (nSPS) is 10.6. The van der Waals surface area contributed by atoms with Gasteiger partial charge in [0.25, 0.3) is 11.8 Å². The number of carbonyl (C=O) groups excluding carboxylic acids is 2. The number of aryl methyl sites for hydroxylation is 2. The van der Waals surface area contributed by atoms with Crippen LogP contribution in [0.25, 0.3) is 0 Å². The summed E-state index contributed by atoms with van der Waals surface area (Å²) in [4.78, 5) is 25.2. The molecule has 1 aromatic heterocycles. The smallest absolute Gasteiger partial charge is 0.259 e. The summed E-state index contributed by atoms with van der Waals surface area (Å²) in [6.07, 6.45) is 2.09. The van der Waals surface area contributed by atoms with E-state index in [1.807, 2.05) is 18.5 Å². The number of hydrogen-bond acceptors (Lipinski definition) is 4. The molecule has 0 spiro atoms. The Labute approximate surface area is 175 Å². The Morgan fingerprint density at radius 2 is 1.80 bits per heavy atom. The van der Waals surface area contributed by atoms with Gasteiger partial charge in [-0.1, -0.05) is 31.5 Å². The first-order valence-electron chi connectivity index (χ1n) is 9.95. The van der Waals surface area contributed by atoms with E-state index in [0.29, 0.717) is 16.9 Å². The number of benzene rings is 2. The van der Waals surface area contributed by atoms with Crippen LogP contribution in [0.4, 0.5) is 11.4 Å². The number of para-hydroxylation sites is 1. The topological polar surface area (TPSA) is 96.3 Å². The van der Waals surface area contributed by atoms with Crippen LogP contribution in [0.3, 0.4) is 0 Å². The zero-order valence-electron chi connectivity index (χ0n) is 17.4. The van der Waals surface area contributed by atoms with Crippen molar-refractivity contribution >= 4 is 23.2 Å². The lowest BCUT2D eigenvalue weighted by Gasteiger charge is -2.10. The molecule has 7 nitrogen and oxygen atoms in total. The van der Waals surface area contributed by atoms with Gasteiger partial charge in [0.1, 0.15) is 5.75 Å². The Balaban J connectivity index is 1.75. The number of unbranched alkanes of at least 4 members (excludes halogenated alkanes) is 1. The van der Waals surface area contributed by atoms with Crippen LogP contribution in [0.5, 0.6) is 5.75 Å². The molecule has 30 heavy (non-hydrogen) atoms. The lowest BCUT2D eigenvalue weighted by Crippen LogP contribution is -2.15. The van der Waals surface area contributed by atoms with E-state index in [4.69, 9.17) is 0 Å². The molecule has 0 aliphatic rings. The number of phenols is 1. The summed E-state index contributed by atoms with van der Waals surface area (Å²) in [7, 11) is 0. The van der Waals surface area contributed by atoms with Crippen LogP contribution in [0.2, 0.25) is 0 Å². The van der Waals surface area contributed by atoms with Crippen LogP contribution >= 0.6 is 0 Å². The molecule has 0 unspecified atom stereocenters. The predicted octanol–water partition coefficient (Wildman–Crippen LogP) is 4.51. The highest BCUT2D eigenvalue weighted by Crippen LogP contribution is 2.22. The maximum absolute atomic E-state index is 12.8. The van der Waals surface area contributed by atoms with Crippen molar-refractivity contribution < 1.29 is 14.7 Å². The fourth-order valence-electron chi connectivity index (χ4n) is 3.19. The van der Waals surface area contributed by atoms with Crippen molar-refractivity contribution in [3.05, 3.63) is 71.0 Å². The van der Waals surface area contributed by atoms with E-state index in [9.17, 15) is 14.7 Å². The molecule has 0 atom stereocenters. The second-order valence-electron chi connectivity index (χ2n) is 7.13. The third-order valence-electron chi connectivity index (χ3n) is 4.87. The van der Waals surface area contributed by atoms with Crippen molar-refractivity contribution in [3.63, 3.8) is 0 Å². The van der Waals surface area contributed by atoms with Crippen molar-refractivity contribution in [3.8, 4) is 5.75 Å². The average molecular weight is 406 g/mol. The van der Waals surface area contributed by atoms with Gasteiger partial charge in [-0.2, -0.15) is 5.10 Å². The van der Waals surface area contributed by atoms with Crippen molar-refractivity contribution in [1.29, 1.82) is 0 Å². The van der Waals surface area contributed by atoms with Gasteiger partial charge in [0.2, 0.25) is 0 Å². The molecule has 3 rings (SSSR count). The Morgan fingerprint density at radius 1 is 1.03 bits per heavy atom. The molecule has 156 valence electrons. The highest BCUT2D eigenvalue weighted by Gasteiger charge is 2.16. The molecule has 7 heteroatoms. The number of phenolic OH excluding ortho intramolecular Hbond substituents is 1. The maximum atomic E-state index is 12.8. The molecule has 0 fully saturated rings. The second-order valence-corrected chi connectivity index (χ2v) is 7.13. The minimum atomic E-state index is -0.449. The number of carbonyl (C=O) groups is 2. The number of aromatic hydroxyl groups is 1. The summed E-state index contributed by atoms with van der Waals surface area (Å²) >= 11 is 0. The van der Waals surface area contributed by atoms with Gasteiger partial charge in [0.15, 0.2) is 0 Å². The number of nitrogens with zero attached hydrogens (tertiary/aromatic N) is 2. The highest BCUT2D eigenvalue weighted by molar-refractivity contribution is 6.08. The molecule has 0 radical (unpaired) electrons. The third-order valence-corrected chi connectivity index (χ3v) is 4.87. The first-order valence-corrected chi connectivity index (χ1v) is 9.95. The average Bonchev–Trinajstić information content (AvgIpc) is 3.00. The molecule has 3 aromatic rings. The molecule has 3 N–H and O–H groups in total. The number of amides is 2. The van der Waals surface area contributed by atoms with E-state index in [1.54, 1.807) is 36.4 Å². The molecular weight excluding hydrogens is 380 g/mol. The van der Waals surface area contributed by atoms with E-state index >= 15 is 0 Å². The molecule has 0 saturated carbocycles. The van der Waals surface area contributed by atoms with Gasteiger partial charge in [-0.3, -0.25) is 14.3 Å². The molecule has 0 bridgehead atoms. The molecule has 2 aromatic carbocycles. The minimum Gasteiger partial charge on any atom is -0.507 e. The van der Waals surface area contributed by atoms with Crippen LogP contribution in [0, 0.1) is 13.8 Å². The lowest BCUT2D eigenvalue weighted by molar-refractivity contribution is 0.101. The standard InChI is InChI=1S/C23H26N4O3/c1-4-5-13-27-16(3)21(15(2)26-27)25-22(29)17-9-8-10-18(14-17)24-23(30)19-11-6-7-12-20(19)28/h6-12,14,28H,4-5,13H2,1-3H3,(H,24,30)(H,25,29). The Bertz CT molecular complexity index is 1070. The molecule has 2 amide bonds. The zero-order chi connectivity index (χ0) is 21.7. The van der Waals surface area contributed by atoms with Crippen LogP contribution in [0.15, 0.2) is 48.5 Å². The van der Waals surface area contributed by atoms with Gasteiger partial charge in [-0.05, 0) is 50.6 Å². The summed E-state index contributed by atoms with van der Waals surface area (Å²) in [6, 6.07) is 13.0. The van der Waals surface area contributed by atoms with Crippen LogP contribution < -0.4 is 10.6 Å². The summed E-state index contributed by atoms with van der Waals surface area (Å²) < 4.78 is 1.91. The van der Waals surface area contributed by atoms with Crippen LogP contribution in [-0.4, -0.2) is 26.7 Å². The van der Waals surface area contributed by atoms with E-state index in [0.717, 1.165) is 30.8 Å². The molecular formula is C23H26N4O3. The van der Waals surface area contributed by atoms with Gasteiger partial charge >= 0.3 is 0 Å². The number of nitrogens with one attached hydrogen (secondary N) is 2. The van der Waals surface area contributed by atoms with Gasteiger partial charge in [-0.15, -0.1) is 0 Å². The number of aromatic nitrogens is 2. The quantitative estimate of drug-likeness (QED) is 0.538. The molecule has 0 aliphatic heterocycles. The SMILES string of the molecule is CCCCn1nc(C)c(NC(=O)c2cccc(NC(=O)c3ccccc3O)c2)c1C. The largest absolute Gasteiger partial charge is 0.507 e. The Kier molecular flexibility index (Phi) is 6.51. The van der Waals surface area contributed by atoms with Crippen molar-refractivity contribution in [2.75, 3.05) is 10.6 Å². The Morgan fingerprint density at radius 3 is 2.53 bits per heavy atom. The number of hydrogen-bond donors (Lipinski definition) is 3. The monoisotopic (exact) mass is 406 g/mol. The first kappa shape index (κ1) is 21.1. The van der Waals surface area contributed by atoms with Crippen molar-refractivity contribution in [2.45, 2.75) is 40.2 Å². The molecule has 0 saturated heterocycles.